The highest BCUT2D eigenvalue weighted by Gasteiger charge is 2.25. The number of nitrogens with zero attached hydrogens (tertiary/aromatic N) is 3. The van der Waals surface area contributed by atoms with Crippen LogP contribution in [-0.4, -0.2) is 51.6 Å². The van der Waals surface area contributed by atoms with Crippen LogP contribution in [0.2, 0.25) is 0 Å². The fourth-order valence-corrected chi connectivity index (χ4v) is 2.89. The molecule has 20 heavy (non-hydrogen) atoms. The maximum atomic E-state index is 12.6. The number of amides is 1. The zero-order chi connectivity index (χ0) is 14.1. The summed E-state index contributed by atoms with van der Waals surface area (Å²) in [4.78, 5) is 21.5. The predicted molar refractivity (Wildman–Crippen MR) is 77.0 cm³/mol. The van der Waals surface area contributed by atoms with E-state index < -0.39 is 0 Å². The third kappa shape index (κ3) is 2.23. The number of H-pyrrole nitrogens is 1. The van der Waals surface area contributed by atoms with Crippen LogP contribution in [-0.2, 0) is 9.53 Å². The Morgan fingerprint density at radius 3 is 3.00 bits per heavy atom. The SMILES string of the molecule is CC(C(=O)N1CCOCC1)n1c(=S)[nH]c2cnccc21. The molecule has 3 heterocycles. The molecule has 1 aliphatic heterocycles. The summed E-state index contributed by atoms with van der Waals surface area (Å²) in [6.07, 6.45) is 3.42. The molecule has 0 saturated carbocycles. The standard InChI is InChI=1S/C13H16N4O2S/c1-9(12(18)16-4-6-19-7-5-16)17-11-2-3-14-8-10(11)15-13(17)20/h2-3,8-9H,4-7H2,1H3,(H,15,20). The summed E-state index contributed by atoms with van der Waals surface area (Å²) in [5.74, 6) is 0.0714. The van der Waals surface area contributed by atoms with Crippen molar-refractivity contribution in [2.45, 2.75) is 13.0 Å². The molecule has 2 aromatic rings. The molecule has 1 amide bonds. The van der Waals surface area contributed by atoms with Crippen LogP contribution >= 0.6 is 12.2 Å². The van der Waals surface area contributed by atoms with Gasteiger partial charge in [0, 0.05) is 19.3 Å². The third-order valence-corrected chi connectivity index (χ3v) is 3.88. The molecule has 0 aliphatic carbocycles. The molecule has 0 bridgehead atoms. The van der Waals surface area contributed by atoms with Gasteiger partial charge in [0.25, 0.3) is 0 Å². The quantitative estimate of drug-likeness (QED) is 0.852. The van der Waals surface area contributed by atoms with Gasteiger partial charge in [-0.25, -0.2) is 0 Å². The molecule has 0 spiro atoms. The smallest absolute Gasteiger partial charge is 0.245 e. The van der Waals surface area contributed by atoms with Gasteiger partial charge in [-0.05, 0) is 25.2 Å². The second-order valence-corrected chi connectivity index (χ2v) is 5.19. The Hall–Kier alpha value is -1.73. The second-order valence-electron chi connectivity index (χ2n) is 4.81. The van der Waals surface area contributed by atoms with E-state index in [1.54, 1.807) is 12.4 Å². The van der Waals surface area contributed by atoms with E-state index in [0.717, 1.165) is 11.0 Å². The summed E-state index contributed by atoms with van der Waals surface area (Å²) >= 11 is 5.33. The monoisotopic (exact) mass is 292 g/mol. The van der Waals surface area contributed by atoms with Crippen molar-refractivity contribution in [3.8, 4) is 0 Å². The summed E-state index contributed by atoms with van der Waals surface area (Å²) < 4.78 is 7.67. The molecular weight excluding hydrogens is 276 g/mol. The van der Waals surface area contributed by atoms with Gasteiger partial charge in [0.2, 0.25) is 5.91 Å². The normalized spacial score (nSPS) is 17.4. The minimum absolute atomic E-state index is 0.0714. The van der Waals surface area contributed by atoms with E-state index in [1.165, 1.54) is 0 Å². The first kappa shape index (κ1) is 13.3. The Labute approximate surface area is 121 Å². The zero-order valence-electron chi connectivity index (χ0n) is 11.2. The van der Waals surface area contributed by atoms with Crippen LogP contribution < -0.4 is 0 Å². The van der Waals surface area contributed by atoms with Crippen LogP contribution in [0.25, 0.3) is 11.0 Å². The van der Waals surface area contributed by atoms with Crippen LogP contribution in [0.4, 0.5) is 0 Å². The fourth-order valence-electron chi connectivity index (χ4n) is 2.52. The Bertz CT molecular complexity index is 687. The highest BCUT2D eigenvalue weighted by atomic mass is 32.1. The van der Waals surface area contributed by atoms with Crippen molar-refractivity contribution in [3.05, 3.63) is 23.2 Å². The van der Waals surface area contributed by atoms with E-state index in [1.807, 2.05) is 22.5 Å². The minimum atomic E-state index is -0.336. The van der Waals surface area contributed by atoms with Gasteiger partial charge in [-0.2, -0.15) is 0 Å². The van der Waals surface area contributed by atoms with E-state index in [2.05, 4.69) is 9.97 Å². The predicted octanol–water partition coefficient (Wildman–Crippen LogP) is 1.51. The zero-order valence-corrected chi connectivity index (χ0v) is 12.0. The third-order valence-electron chi connectivity index (χ3n) is 3.59. The number of carbonyl (C=O) groups is 1. The molecule has 0 radical (unpaired) electrons. The largest absolute Gasteiger partial charge is 0.378 e. The maximum absolute atomic E-state index is 12.6. The summed E-state index contributed by atoms with van der Waals surface area (Å²) in [5, 5.41) is 0. The number of ether oxygens (including phenoxy) is 1. The van der Waals surface area contributed by atoms with Crippen molar-refractivity contribution < 1.29 is 9.53 Å². The van der Waals surface area contributed by atoms with Crippen molar-refractivity contribution in [2.24, 2.45) is 0 Å². The summed E-state index contributed by atoms with van der Waals surface area (Å²) in [5.41, 5.74) is 1.75. The average molecular weight is 292 g/mol. The molecule has 2 aromatic heterocycles. The molecular formula is C13H16N4O2S. The van der Waals surface area contributed by atoms with Gasteiger partial charge >= 0.3 is 0 Å². The summed E-state index contributed by atoms with van der Waals surface area (Å²) in [6, 6.07) is 1.53. The first-order chi connectivity index (χ1) is 9.68. The summed E-state index contributed by atoms with van der Waals surface area (Å²) in [6.45, 7) is 4.35. The molecule has 1 atom stereocenters. The number of nitrogens with one attached hydrogen (secondary N) is 1. The number of hydrogen-bond acceptors (Lipinski definition) is 4. The molecule has 3 rings (SSSR count). The van der Waals surface area contributed by atoms with Crippen LogP contribution in [0.1, 0.15) is 13.0 Å². The number of fused-ring (bicyclic) bond motifs is 1. The number of pyridine rings is 1. The van der Waals surface area contributed by atoms with Crippen LogP contribution in [0, 0.1) is 4.77 Å². The first-order valence-electron chi connectivity index (χ1n) is 6.59. The number of rotatable bonds is 2. The Morgan fingerprint density at radius 1 is 1.50 bits per heavy atom. The molecule has 6 nitrogen and oxygen atoms in total. The van der Waals surface area contributed by atoms with Gasteiger partial charge < -0.3 is 19.2 Å². The number of imidazole rings is 1. The van der Waals surface area contributed by atoms with Crippen molar-refractivity contribution >= 4 is 29.2 Å². The highest BCUT2D eigenvalue weighted by Crippen LogP contribution is 2.20. The molecule has 1 unspecified atom stereocenters. The molecule has 1 fully saturated rings. The van der Waals surface area contributed by atoms with Crippen molar-refractivity contribution in [2.75, 3.05) is 26.3 Å². The van der Waals surface area contributed by atoms with E-state index in [0.29, 0.717) is 31.1 Å². The second kappa shape index (κ2) is 5.34. The molecule has 1 saturated heterocycles. The Kier molecular flexibility index (Phi) is 3.54. The van der Waals surface area contributed by atoms with E-state index in [4.69, 9.17) is 17.0 Å². The lowest BCUT2D eigenvalue weighted by Crippen LogP contribution is -2.43. The highest BCUT2D eigenvalue weighted by molar-refractivity contribution is 7.71. The van der Waals surface area contributed by atoms with Gasteiger partial charge in [-0.15, -0.1) is 0 Å². The number of morpholine rings is 1. The number of aromatic nitrogens is 3. The minimum Gasteiger partial charge on any atom is -0.378 e. The van der Waals surface area contributed by atoms with E-state index >= 15 is 0 Å². The lowest BCUT2D eigenvalue weighted by Gasteiger charge is -2.29. The molecule has 106 valence electrons. The van der Waals surface area contributed by atoms with Gasteiger partial charge in [0.15, 0.2) is 4.77 Å². The van der Waals surface area contributed by atoms with Gasteiger partial charge in [-0.3, -0.25) is 9.78 Å². The maximum Gasteiger partial charge on any atom is 0.245 e. The van der Waals surface area contributed by atoms with Gasteiger partial charge in [0.05, 0.1) is 30.4 Å². The van der Waals surface area contributed by atoms with Gasteiger partial charge in [0.1, 0.15) is 6.04 Å². The Morgan fingerprint density at radius 2 is 2.25 bits per heavy atom. The fraction of sp³-hybridized carbons (Fsp3) is 0.462. The van der Waals surface area contributed by atoms with Crippen LogP contribution in [0.15, 0.2) is 18.5 Å². The summed E-state index contributed by atoms with van der Waals surface area (Å²) in [7, 11) is 0. The van der Waals surface area contributed by atoms with Crippen molar-refractivity contribution in [3.63, 3.8) is 0 Å². The Balaban J connectivity index is 1.95. The van der Waals surface area contributed by atoms with E-state index in [9.17, 15) is 4.79 Å². The van der Waals surface area contributed by atoms with Crippen molar-refractivity contribution in [1.29, 1.82) is 0 Å². The van der Waals surface area contributed by atoms with Crippen molar-refractivity contribution in [1.82, 2.24) is 19.4 Å². The number of aromatic amines is 1. The van der Waals surface area contributed by atoms with E-state index in [-0.39, 0.29) is 11.9 Å². The average Bonchev–Trinajstić information content (AvgIpc) is 2.82. The number of hydrogen-bond donors (Lipinski definition) is 1. The first-order valence-corrected chi connectivity index (χ1v) is 7.00. The van der Waals surface area contributed by atoms with Crippen LogP contribution in [0.3, 0.4) is 0 Å². The molecule has 1 aliphatic rings. The van der Waals surface area contributed by atoms with Crippen LogP contribution in [0.5, 0.6) is 0 Å². The lowest BCUT2D eigenvalue weighted by atomic mass is 10.2. The molecule has 7 heteroatoms. The lowest BCUT2D eigenvalue weighted by molar-refractivity contribution is -0.138. The molecule has 1 N–H and O–H groups in total. The van der Waals surface area contributed by atoms with Gasteiger partial charge in [-0.1, -0.05) is 0 Å². The number of carbonyl (C=O) groups excluding carboxylic acids is 1. The topological polar surface area (TPSA) is 63.1 Å². The molecule has 0 aromatic carbocycles.